The number of nitro groups is 1. The minimum absolute atomic E-state index is 0.127. The number of allylic oxidation sites excluding steroid dienone is 2. The average Bonchev–Trinajstić information content (AvgIpc) is 3.22. The number of rotatable bonds is 14. The molecule has 0 unspecified atom stereocenters. The van der Waals surface area contributed by atoms with Gasteiger partial charge in [0.05, 0.1) is 29.4 Å². The van der Waals surface area contributed by atoms with Crippen molar-refractivity contribution in [3.8, 4) is 0 Å². The van der Waals surface area contributed by atoms with Crippen molar-refractivity contribution in [2.45, 2.75) is 51.2 Å². The predicted molar refractivity (Wildman–Crippen MR) is 114 cm³/mol. The summed E-state index contributed by atoms with van der Waals surface area (Å²) in [6.07, 6.45) is 7.03. The summed E-state index contributed by atoms with van der Waals surface area (Å²) in [6.45, 7) is 6.43. The highest BCUT2D eigenvalue weighted by Gasteiger charge is 2.19. The second-order valence-corrected chi connectivity index (χ2v) is 6.95. The second kappa shape index (κ2) is 11.9. The zero-order valence-corrected chi connectivity index (χ0v) is 17.1. The monoisotopic (exact) mass is 419 g/mol. The summed E-state index contributed by atoms with van der Waals surface area (Å²) in [5.74, 6) is 0. The maximum atomic E-state index is 11.0. The van der Waals surface area contributed by atoms with Gasteiger partial charge < -0.3 is 20.8 Å². The van der Waals surface area contributed by atoms with Crippen LogP contribution in [0, 0.1) is 10.1 Å². The lowest BCUT2D eigenvalue weighted by Gasteiger charge is -2.22. The van der Waals surface area contributed by atoms with Crippen molar-refractivity contribution < 1.29 is 19.8 Å². The minimum atomic E-state index is -0.763. The van der Waals surface area contributed by atoms with Gasteiger partial charge in [-0.25, -0.2) is 4.63 Å². The zero-order chi connectivity index (χ0) is 21.9. The standard InChI is InChI=1S/C20H29N5O5/c1-3-4-9-18(27)16(13-26)22-14(2)8-6-5-7-12-21-15-10-11-17(25(28)29)20-19(15)23-30-24-20/h4,9-11,16,18,21-22,26-27H,2-3,5-8,12-13H2,1H3/b9-4+/t16-,18+/m0/s1. The Morgan fingerprint density at radius 1 is 1.33 bits per heavy atom. The fourth-order valence-electron chi connectivity index (χ4n) is 2.99. The van der Waals surface area contributed by atoms with Crippen LogP contribution in [0.4, 0.5) is 11.4 Å². The predicted octanol–water partition coefficient (Wildman–Crippen LogP) is 2.89. The van der Waals surface area contributed by atoms with Gasteiger partial charge in [0.25, 0.3) is 0 Å². The molecule has 0 saturated heterocycles. The quantitative estimate of drug-likeness (QED) is 0.157. The summed E-state index contributed by atoms with van der Waals surface area (Å²) in [5, 5.41) is 44.1. The van der Waals surface area contributed by atoms with Gasteiger partial charge in [0.1, 0.15) is 0 Å². The normalized spacial score (nSPS) is 13.4. The van der Waals surface area contributed by atoms with E-state index >= 15 is 0 Å². The van der Waals surface area contributed by atoms with E-state index in [0.29, 0.717) is 17.7 Å². The molecule has 0 amide bonds. The first-order chi connectivity index (χ1) is 14.5. The van der Waals surface area contributed by atoms with Gasteiger partial charge in [0.15, 0.2) is 5.52 Å². The van der Waals surface area contributed by atoms with Gasteiger partial charge in [0.2, 0.25) is 5.52 Å². The molecule has 2 aromatic rings. The van der Waals surface area contributed by atoms with Crippen molar-refractivity contribution in [3.05, 3.63) is 46.7 Å². The highest BCUT2D eigenvalue weighted by molar-refractivity contribution is 5.93. The third-order valence-corrected chi connectivity index (χ3v) is 4.63. The maximum absolute atomic E-state index is 11.0. The fraction of sp³-hybridized carbons (Fsp3) is 0.500. The fourth-order valence-corrected chi connectivity index (χ4v) is 2.99. The van der Waals surface area contributed by atoms with E-state index in [9.17, 15) is 20.3 Å². The molecule has 0 spiro atoms. The van der Waals surface area contributed by atoms with Gasteiger partial charge in [-0.2, -0.15) is 0 Å². The van der Waals surface area contributed by atoms with E-state index in [2.05, 4.69) is 32.2 Å². The molecular formula is C20H29N5O5. The van der Waals surface area contributed by atoms with Gasteiger partial charge in [-0.3, -0.25) is 10.1 Å². The summed E-state index contributed by atoms with van der Waals surface area (Å²) in [6, 6.07) is 2.51. The van der Waals surface area contributed by atoms with E-state index in [1.807, 2.05) is 13.0 Å². The number of non-ortho nitro benzene ring substituents is 1. The average molecular weight is 419 g/mol. The third-order valence-electron chi connectivity index (χ3n) is 4.63. The smallest absolute Gasteiger partial charge is 0.300 e. The molecule has 1 heterocycles. The number of unbranched alkanes of at least 4 members (excludes halogenated alkanes) is 2. The van der Waals surface area contributed by atoms with Crippen LogP contribution in [-0.4, -0.2) is 50.7 Å². The number of hydrogen-bond acceptors (Lipinski definition) is 9. The highest BCUT2D eigenvalue weighted by atomic mass is 16.6. The summed E-state index contributed by atoms with van der Waals surface area (Å²) in [4.78, 5) is 10.5. The van der Waals surface area contributed by atoms with Crippen LogP contribution >= 0.6 is 0 Å². The van der Waals surface area contributed by atoms with Gasteiger partial charge in [-0.1, -0.05) is 32.1 Å². The Balaban J connectivity index is 1.71. The number of nitrogens with one attached hydrogen (secondary N) is 2. The van der Waals surface area contributed by atoms with E-state index in [1.54, 1.807) is 12.1 Å². The van der Waals surface area contributed by atoms with Crippen molar-refractivity contribution in [2.24, 2.45) is 0 Å². The SMILES string of the molecule is C=C(CCCCCNc1ccc([N+](=O)[O-])c2nonc12)N[C@@H](CO)[C@H](O)/C=C/CC. The molecule has 0 saturated carbocycles. The van der Waals surface area contributed by atoms with Crippen molar-refractivity contribution in [2.75, 3.05) is 18.5 Å². The Labute approximate surface area is 174 Å². The van der Waals surface area contributed by atoms with Crippen LogP contribution < -0.4 is 10.6 Å². The Hall–Kier alpha value is -2.98. The van der Waals surface area contributed by atoms with Gasteiger partial charge >= 0.3 is 5.69 Å². The van der Waals surface area contributed by atoms with Crippen LogP contribution in [0.1, 0.15) is 39.0 Å². The number of aromatic nitrogens is 2. The summed E-state index contributed by atoms with van der Waals surface area (Å²) >= 11 is 0. The van der Waals surface area contributed by atoms with Crippen LogP contribution in [0.2, 0.25) is 0 Å². The number of benzene rings is 1. The Bertz CT molecular complexity index is 866. The molecule has 1 aromatic carbocycles. The number of anilines is 1. The summed E-state index contributed by atoms with van der Waals surface area (Å²) in [7, 11) is 0. The maximum Gasteiger partial charge on any atom is 0.300 e. The lowest BCUT2D eigenvalue weighted by Crippen LogP contribution is -2.41. The van der Waals surface area contributed by atoms with E-state index in [4.69, 9.17) is 0 Å². The van der Waals surface area contributed by atoms with Gasteiger partial charge in [-0.15, -0.1) is 0 Å². The minimum Gasteiger partial charge on any atom is -0.394 e. The van der Waals surface area contributed by atoms with Crippen molar-refractivity contribution in [3.63, 3.8) is 0 Å². The molecule has 2 rings (SSSR count). The molecule has 10 heteroatoms. The third kappa shape index (κ3) is 6.53. The Morgan fingerprint density at radius 3 is 2.80 bits per heavy atom. The largest absolute Gasteiger partial charge is 0.394 e. The highest BCUT2D eigenvalue weighted by Crippen LogP contribution is 2.28. The first-order valence-electron chi connectivity index (χ1n) is 10.0. The molecule has 0 aliphatic carbocycles. The number of nitrogens with zero attached hydrogens (tertiary/aromatic N) is 3. The van der Waals surface area contributed by atoms with Gasteiger partial charge in [-0.05, 0) is 42.1 Å². The van der Waals surface area contributed by atoms with Crippen LogP contribution in [-0.2, 0) is 0 Å². The molecule has 30 heavy (non-hydrogen) atoms. The van der Waals surface area contributed by atoms with E-state index in [1.165, 1.54) is 6.07 Å². The van der Waals surface area contributed by atoms with Gasteiger partial charge in [0, 0.05) is 18.3 Å². The van der Waals surface area contributed by atoms with Crippen LogP contribution in [0.25, 0.3) is 11.0 Å². The van der Waals surface area contributed by atoms with Crippen LogP contribution in [0.3, 0.4) is 0 Å². The molecular weight excluding hydrogens is 390 g/mol. The number of hydrogen-bond donors (Lipinski definition) is 4. The summed E-state index contributed by atoms with van der Waals surface area (Å²) < 4.78 is 4.65. The lowest BCUT2D eigenvalue weighted by atomic mass is 10.1. The number of fused-ring (bicyclic) bond motifs is 1. The second-order valence-electron chi connectivity index (χ2n) is 6.95. The van der Waals surface area contributed by atoms with Crippen molar-refractivity contribution in [1.82, 2.24) is 15.6 Å². The molecule has 4 N–H and O–H groups in total. The summed E-state index contributed by atoms with van der Waals surface area (Å²) in [5.41, 5.74) is 1.74. The molecule has 2 atom stereocenters. The van der Waals surface area contributed by atoms with Crippen molar-refractivity contribution in [1.29, 1.82) is 0 Å². The number of nitro benzene ring substituents is 1. The Morgan fingerprint density at radius 2 is 2.10 bits per heavy atom. The first-order valence-corrected chi connectivity index (χ1v) is 10.0. The van der Waals surface area contributed by atoms with Crippen LogP contribution in [0.15, 0.2) is 41.2 Å². The van der Waals surface area contributed by atoms with E-state index in [-0.39, 0.29) is 17.8 Å². The molecule has 0 bridgehead atoms. The molecule has 1 aromatic heterocycles. The topological polar surface area (TPSA) is 147 Å². The number of aliphatic hydroxyl groups is 2. The Kier molecular flexibility index (Phi) is 9.23. The van der Waals surface area contributed by atoms with E-state index < -0.39 is 17.1 Å². The first kappa shape index (κ1) is 23.3. The molecule has 0 fully saturated rings. The van der Waals surface area contributed by atoms with Crippen LogP contribution in [0.5, 0.6) is 0 Å². The molecule has 10 nitrogen and oxygen atoms in total. The van der Waals surface area contributed by atoms with E-state index in [0.717, 1.165) is 37.8 Å². The molecule has 164 valence electrons. The molecule has 0 radical (unpaired) electrons. The molecule has 0 aliphatic rings. The van der Waals surface area contributed by atoms with Crippen molar-refractivity contribution >= 4 is 22.4 Å². The molecule has 0 aliphatic heterocycles. The lowest BCUT2D eigenvalue weighted by molar-refractivity contribution is -0.383. The zero-order valence-electron chi connectivity index (χ0n) is 17.1. The number of aliphatic hydroxyl groups excluding tert-OH is 2.